The molecule has 1 aliphatic rings. The number of carbonyl (C=O) groups excluding carboxylic acids is 2. The minimum Gasteiger partial charge on any atom is -0.494 e. The van der Waals surface area contributed by atoms with Crippen molar-refractivity contribution in [3.63, 3.8) is 0 Å². The van der Waals surface area contributed by atoms with Crippen LogP contribution in [0.4, 0.5) is 4.39 Å². The lowest BCUT2D eigenvalue weighted by Gasteiger charge is -2.24. The van der Waals surface area contributed by atoms with E-state index in [1.807, 2.05) is 66.9 Å². The van der Waals surface area contributed by atoms with Crippen molar-refractivity contribution >= 4 is 40.6 Å². The third-order valence-electron chi connectivity index (χ3n) is 7.72. The second kappa shape index (κ2) is 15.3. The largest absolute Gasteiger partial charge is 0.494 e. The Kier molecular flexibility index (Phi) is 10.5. The summed E-state index contributed by atoms with van der Waals surface area (Å²) in [6.45, 7) is 2.37. The van der Waals surface area contributed by atoms with Gasteiger partial charge in [-0.25, -0.2) is 9.40 Å². The second-order valence-corrected chi connectivity index (χ2v) is 12.6. The molecule has 3 heterocycles. The minimum atomic E-state index is -0.626. The van der Waals surface area contributed by atoms with Gasteiger partial charge in [-0.15, -0.1) is 21.5 Å². The van der Waals surface area contributed by atoms with Gasteiger partial charge >= 0.3 is 0 Å². The molecule has 0 radical (unpaired) electrons. The maximum atomic E-state index is 14.3. The van der Waals surface area contributed by atoms with Crippen molar-refractivity contribution in [3.05, 3.63) is 112 Å². The molecular formula is C35H33FN6O5S2. The van der Waals surface area contributed by atoms with Crippen LogP contribution in [0, 0.1) is 5.82 Å². The lowest BCUT2D eigenvalue weighted by Crippen LogP contribution is -2.29. The molecule has 11 nitrogen and oxygen atoms in total. The van der Waals surface area contributed by atoms with Crippen LogP contribution in [0.2, 0.25) is 0 Å². The highest BCUT2D eigenvalue weighted by Crippen LogP contribution is 2.42. The first-order valence-corrected chi connectivity index (χ1v) is 17.3. The highest BCUT2D eigenvalue weighted by Gasteiger charge is 2.36. The van der Waals surface area contributed by atoms with E-state index in [2.05, 4.69) is 15.5 Å². The molecule has 1 N–H and O–H groups in total. The summed E-state index contributed by atoms with van der Waals surface area (Å²) in [6.07, 6.45) is 0.495. The number of hydrazone groups is 1. The summed E-state index contributed by atoms with van der Waals surface area (Å²) in [7, 11) is 3.15. The smallest absolute Gasteiger partial charge is 0.254 e. The molecule has 2 amide bonds. The number of amides is 2. The molecule has 2 aromatic heterocycles. The number of hydrogen-bond acceptors (Lipinski definition) is 10. The fraction of sp³-hybridized carbons (Fsp3) is 0.229. The van der Waals surface area contributed by atoms with E-state index >= 15 is 0 Å². The summed E-state index contributed by atoms with van der Waals surface area (Å²) in [5.41, 5.74) is 2.19. The van der Waals surface area contributed by atoms with Crippen molar-refractivity contribution in [1.82, 2.24) is 25.1 Å². The normalized spacial score (nSPS) is 14.0. The second-order valence-electron chi connectivity index (χ2n) is 10.7. The zero-order chi connectivity index (χ0) is 34.3. The first-order chi connectivity index (χ1) is 23.9. The van der Waals surface area contributed by atoms with Gasteiger partial charge in [0.2, 0.25) is 0 Å². The Hall–Kier alpha value is -5.21. The molecule has 0 saturated heterocycles. The summed E-state index contributed by atoms with van der Waals surface area (Å²) in [4.78, 5) is 27.8. The van der Waals surface area contributed by atoms with Gasteiger partial charge in [0.15, 0.2) is 22.5 Å². The van der Waals surface area contributed by atoms with Gasteiger partial charge in [0.25, 0.3) is 11.8 Å². The first-order valence-electron chi connectivity index (χ1n) is 15.4. The van der Waals surface area contributed by atoms with Crippen LogP contribution in [-0.4, -0.2) is 63.9 Å². The van der Waals surface area contributed by atoms with Gasteiger partial charge in [-0.2, -0.15) is 5.10 Å². The molecule has 252 valence electrons. The summed E-state index contributed by atoms with van der Waals surface area (Å²) in [5, 5.41) is 20.1. The van der Waals surface area contributed by atoms with Gasteiger partial charge in [0, 0.05) is 17.7 Å². The van der Waals surface area contributed by atoms with Crippen molar-refractivity contribution in [2.24, 2.45) is 5.10 Å². The number of benzene rings is 3. The van der Waals surface area contributed by atoms with Crippen molar-refractivity contribution in [2.45, 2.75) is 31.1 Å². The molecule has 6 rings (SSSR count). The Bertz CT molecular complexity index is 1970. The van der Waals surface area contributed by atoms with Crippen molar-refractivity contribution < 1.29 is 28.2 Å². The number of aromatic nitrogens is 3. The van der Waals surface area contributed by atoms with Gasteiger partial charge in [-0.3, -0.25) is 14.2 Å². The summed E-state index contributed by atoms with van der Waals surface area (Å²) >= 11 is 2.75. The van der Waals surface area contributed by atoms with Crippen LogP contribution in [0.3, 0.4) is 0 Å². The average molecular weight is 701 g/mol. The van der Waals surface area contributed by atoms with E-state index in [9.17, 15) is 14.0 Å². The molecule has 49 heavy (non-hydrogen) atoms. The number of para-hydroxylation sites is 1. The van der Waals surface area contributed by atoms with Gasteiger partial charge in [-0.05, 0) is 60.8 Å². The molecule has 0 unspecified atom stereocenters. The molecule has 1 atom stereocenters. The Balaban J connectivity index is 1.27. The van der Waals surface area contributed by atoms with Crippen molar-refractivity contribution in [2.75, 3.05) is 26.6 Å². The third kappa shape index (κ3) is 7.29. The Morgan fingerprint density at radius 1 is 1.00 bits per heavy atom. The van der Waals surface area contributed by atoms with Crippen LogP contribution in [0.5, 0.6) is 17.2 Å². The van der Waals surface area contributed by atoms with Crippen molar-refractivity contribution in [1.29, 1.82) is 0 Å². The quantitative estimate of drug-likeness (QED) is 0.143. The molecule has 0 spiro atoms. The Morgan fingerprint density at radius 2 is 1.82 bits per heavy atom. The van der Waals surface area contributed by atoms with E-state index in [0.717, 1.165) is 16.2 Å². The lowest BCUT2D eigenvalue weighted by atomic mass is 9.99. The molecule has 5 aromatic rings. The first kappa shape index (κ1) is 33.7. The lowest BCUT2D eigenvalue weighted by molar-refractivity contribution is -0.130. The number of thiophene rings is 1. The average Bonchev–Trinajstić information content (AvgIpc) is 3.90. The summed E-state index contributed by atoms with van der Waals surface area (Å²) in [6, 6.07) is 22.2. The van der Waals surface area contributed by atoms with E-state index in [4.69, 9.17) is 19.3 Å². The highest BCUT2D eigenvalue weighted by molar-refractivity contribution is 7.99. The number of thioether (sulfide) groups is 1. The maximum absolute atomic E-state index is 14.3. The molecule has 1 aliphatic heterocycles. The molecule has 3 aromatic carbocycles. The highest BCUT2D eigenvalue weighted by atomic mass is 32.2. The van der Waals surface area contributed by atoms with Crippen LogP contribution >= 0.6 is 23.1 Å². The summed E-state index contributed by atoms with van der Waals surface area (Å²) < 4.78 is 32.9. The van der Waals surface area contributed by atoms with Crippen LogP contribution in [-0.2, 0) is 11.3 Å². The van der Waals surface area contributed by atoms with Crippen molar-refractivity contribution in [3.8, 4) is 22.9 Å². The number of halogens is 1. The van der Waals surface area contributed by atoms with E-state index in [-0.39, 0.29) is 23.8 Å². The van der Waals surface area contributed by atoms with E-state index in [1.165, 1.54) is 35.0 Å². The van der Waals surface area contributed by atoms with E-state index in [0.29, 0.717) is 46.9 Å². The number of nitrogens with one attached hydrogen (secondary N) is 1. The van der Waals surface area contributed by atoms with Crippen LogP contribution in [0.15, 0.2) is 94.5 Å². The fourth-order valence-corrected chi connectivity index (χ4v) is 7.01. The van der Waals surface area contributed by atoms with Gasteiger partial charge in [0.1, 0.15) is 11.6 Å². The topological polar surface area (TPSA) is 120 Å². The predicted octanol–water partition coefficient (Wildman–Crippen LogP) is 6.28. The minimum absolute atomic E-state index is 0.0131. The maximum Gasteiger partial charge on any atom is 0.254 e. The SMILES string of the molecule is CCOc1ccc(-n2c(CNC(=O)c3ccccc3F)nnc2SCC(=O)N2N=C(c3cccs3)C[C@@H]2c2cccc(OC)c2OC)cc1. The van der Waals surface area contributed by atoms with Gasteiger partial charge in [-0.1, -0.05) is 42.1 Å². The fourth-order valence-electron chi connectivity index (χ4n) is 5.47. The van der Waals surface area contributed by atoms with E-state index < -0.39 is 17.8 Å². The number of carbonyl (C=O) groups is 2. The molecule has 14 heteroatoms. The molecule has 0 bridgehead atoms. The van der Waals surface area contributed by atoms with Crippen LogP contribution in [0.25, 0.3) is 5.69 Å². The molecule has 0 fully saturated rings. The molecule has 0 aliphatic carbocycles. The third-order valence-corrected chi connectivity index (χ3v) is 9.55. The number of nitrogens with zero attached hydrogens (tertiary/aromatic N) is 5. The van der Waals surface area contributed by atoms with Crippen LogP contribution < -0.4 is 19.5 Å². The number of methoxy groups -OCH3 is 2. The molecular weight excluding hydrogens is 668 g/mol. The zero-order valence-electron chi connectivity index (χ0n) is 27.0. The summed E-state index contributed by atoms with van der Waals surface area (Å²) in [5.74, 6) is 0.704. The van der Waals surface area contributed by atoms with Gasteiger partial charge < -0.3 is 19.5 Å². The monoisotopic (exact) mass is 700 g/mol. The van der Waals surface area contributed by atoms with Gasteiger partial charge in [0.05, 0.1) is 55.3 Å². The van der Waals surface area contributed by atoms with Crippen LogP contribution in [0.1, 0.15) is 46.0 Å². The predicted molar refractivity (Wildman–Crippen MR) is 185 cm³/mol. The molecule has 0 saturated carbocycles. The number of ether oxygens (including phenoxy) is 3. The Morgan fingerprint density at radius 3 is 2.53 bits per heavy atom. The van der Waals surface area contributed by atoms with E-state index in [1.54, 1.807) is 36.2 Å². The number of rotatable bonds is 13. The number of hydrogen-bond donors (Lipinski definition) is 1. The Labute approximate surface area is 290 Å². The zero-order valence-corrected chi connectivity index (χ0v) is 28.6. The standard InChI is InChI=1S/C35H33FN6O5S2/c1-4-47-23-16-14-22(15-17-23)41-31(20-37-34(44)24-9-5-6-11-26(24)36)38-39-35(41)49-21-32(43)42-28(19-27(40-42)30-13-8-18-48-30)25-10-7-12-29(45-2)33(25)46-3/h5-18,28H,4,19-21H2,1-3H3,(H,37,44)/t28-/m1/s1.